The number of amides is 1. The number of hydrogen-bond acceptors (Lipinski definition) is 7. The number of hydrogen-bond donors (Lipinski definition) is 3. The van der Waals surface area contributed by atoms with E-state index in [1.165, 1.54) is 0 Å². The van der Waals surface area contributed by atoms with Gasteiger partial charge < -0.3 is 20.3 Å². The Bertz CT molecular complexity index is 1290. The average Bonchev–Trinajstić information content (AvgIpc) is 3.30. The Hall–Kier alpha value is -4.14. The van der Waals surface area contributed by atoms with Crippen LogP contribution in [0.4, 0.5) is 17.3 Å². The van der Waals surface area contributed by atoms with Crippen LogP contribution in [0.25, 0.3) is 22.3 Å². The van der Waals surface area contributed by atoms with Gasteiger partial charge in [0.2, 0.25) is 0 Å². The van der Waals surface area contributed by atoms with Crippen molar-refractivity contribution in [2.75, 3.05) is 30.4 Å². The number of carbonyl (C=O) groups excluding carboxylic acids is 1. The van der Waals surface area contributed by atoms with Crippen molar-refractivity contribution < 1.29 is 9.53 Å². The summed E-state index contributed by atoms with van der Waals surface area (Å²) in [6.45, 7) is 6.64. The molecular formula is C25H29N7O2. The van der Waals surface area contributed by atoms with Crippen LogP contribution in [0.3, 0.4) is 0 Å². The third-order valence-electron chi connectivity index (χ3n) is 5.20. The number of H-pyrrole nitrogens is 1. The Morgan fingerprint density at radius 2 is 2.00 bits per heavy atom. The summed E-state index contributed by atoms with van der Waals surface area (Å²) in [5.74, 6) is 2.44. The fourth-order valence-corrected chi connectivity index (χ4v) is 3.39. The lowest BCUT2D eigenvalue weighted by atomic mass is 10.2. The fraction of sp³-hybridized carbons (Fsp3) is 0.280. The van der Waals surface area contributed by atoms with E-state index in [-0.39, 0.29) is 18.6 Å². The molecule has 2 aromatic heterocycles. The number of aromatic amines is 1. The van der Waals surface area contributed by atoms with Gasteiger partial charge in [0.15, 0.2) is 12.4 Å². The highest BCUT2D eigenvalue weighted by molar-refractivity contribution is 5.83. The molecule has 9 nitrogen and oxygen atoms in total. The van der Waals surface area contributed by atoms with Gasteiger partial charge >= 0.3 is 0 Å². The second-order valence-electron chi connectivity index (χ2n) is 8.28. The SMILES string of the molecule is CCN(C)c1cc(Nc2ccc3[nH]ncc3c2)nc(-c2cccc(OCC(=O)NC(C)C)c2)n1. The minimum absolute atomic E-state index is 0.0512. The molecule has 0 radical (unpaired) electrons. The Kier molecular flexibility index (Phi) is 6.91. The van der Waals surface area contributed by atoms with E-state index >= 15 is 0 Å². The summed E-state index contributed by atoms with van der Waals surface area (Å²) < 4.78 is 5.69. The standard InChI is InChI=1S/C25H29N7O2/c1-5-32(4)23-13-22(28-19-9-10-21-18(11-19)14-26-31-21)29-25(30-23)17-7-6-8-20(12-17)34-15-24(33)27-16(2)3/h6-14,16H,5,15H2,1-4H3,(H,26,31)(H,27,33)(H,28,29,30). The zero-order valence-corrected chi connectivity index (χ0v) is 19.8. The van der Waals surface area contributed by atoms with E-state index in [9.17, 15) is 4.79 Å². The van der Waals surface area contributed by atoms with Crippen LogP contribution >= 0.6 is 0 Å². The molecule has 0 spiro atoms. The molecule has 0 aliphatic carbocycles. The Morgan fingerprint density at radius 1 is 1.15 bits per heavy atom. The number of nitrogens with zero attached hydrogens (tertiary/aromatic N) is 4. The number of fused-ring (bicyclic) bond motifs is 1. The van der Waals surface area contributed by atoms with Gasteiger partial charge in [-0.3, -0.25) is 9.89 Å². The lowest BCUT2D eigenvalue weighted by molar-refractivity contribution is -0.123. The third-order valence-corrected chi connectivity index (χ3v) is 5.20. The fourth-order valence-electron chi connectivity index (χ4n) is 3.39. The van der Waals surface area contributed by atoms with Crippen molar-refractivity contribution in [1.29, 1.82) is 0 Å². The second kappa shape index (κ2) is 10.2. The van der Waals surface area contributed by atoms with Crippen LogP contribution in [-0.2, 0) is 4.79 Å². The highest BCUT2D eigenvalue weighted by Gasteiger charge is 2.12. The molecule has 0 bridgehead atoms. The van der Waals surface area contributed by atoms with Crippen molar-refractivity contribution >= 4 is 34.1 Å². The first-order valence-corrected chi connectivity index (χ1v) is 11.2. The normalized spacial score (nSPS) is 11.0. The maximum Gasteiger partial charge on any atom is 0.258 e. The number of benzene rings is 2. The summed E-state index contributed by atoms with van der Waals surface area (Å²) in [7, 11) is 1.99. The maximum absolute atomic E-state index is 11.9. The minimum atomic E-state index is -0.163. The Labute approximate surface area is 198 Å². The molecule has 2 heterocycles. The van der Waals surface area contributed by atoms with Crippen molar-refractivity contribution in [1.82, 2.24) is 25.5 Å². The van der Waals surface area contributed by atoms with Crippen LogP contribution in [0.2, 0.25) is 0 Å². The monoisotopic (exact) mass is 459 g/mol. The summed E-state index contributed by atoms with van der Waals surface area (Å²) in [5, 5.41) is 14.2. The van der Waals surface area contributed by atoms with Gasteiger partial charge in [-0.1, -0.05) is 12.1 Å². The van der Waals surface area contributed by atoms with Crippen LogP contribution in [0.1, 0.15) is 20.8 Å². The number of nitrogens with one attached hydrogen (secondary N) is 3. The smallest absolute Gasteiger partial charge is 0.258 e. The van der Waals surface area contributed by atoms with Crippen LogP contribution in [0.15, 0.2) is 54.7 Å². The first kappa shape index (κ1) is 23.0. The van der Waals surface area contributed by atoms with Gasteiger partial charge in [0.25, 0.3) is 5.91 Å². The van der Waals surface area contributed by atoms with E-state index in [0.29, 0.717) is 17.4 Å². The zero-order chi connectivity index (χ0) is 24.1. The predicted octanol–water partition coefficient (Wildman–Crippen LogP) is 4.12. The average molecular weight is 460 g/mol. The predicted molar refractivity (Wildman–Crippen MR) is 135 cm³/mol. The highest BCUT2D eigenvalue weighted by atomic mass is 16.5. The molecule has 0 saturated heterocycles. The molecule has 4 rings (SSSR count). The van der Waals surface area contributed by atoms with Crippen molar-refractivity contribution in [3.63, 3.8) is 0 Å². The summed E-state index contributed by atoms with van der Waals surface area (Å²) in [6.07, 6.45) is 1.79. The first-order valence-electron chi connectivity index (χ1n) is 11.2. The first-order chi connectivity index (χ1) is 16.4. The summed E-state index contributed by atoms with van der Waals surface area (Å²) in [6, 6.07) is 15.4. The van der Waals surface area contributed by atoms with Gasteiger partial charge in [0.05, 0.1) is 11.7 Å². The van der Waals surface area contributed by atoms with E-state index in [0.717, 1.165) is 34.5 Å². The van der Waals surface area contributed by atoms with Gasteiger partial charge in [-0.2, -0.15) is 5.10 Å². The van der Waals surface area contributed by atoms with Gasteiger partial charge in [0, 0.05) is 42.3 Å². The summed E-state index contributed by atoms with van der Waals surface area (Å²) >= 11 is 0. The quantitative estimate of drug-likeness (QED) is 0.345. The van der Waals surface area contributed by atoms with E-state index < -0.39 is 0 Å². The molecule has 3 N–H and O–H groups in total. The van der Waals surface area contributed by atoms with Crippen molar-refractivity contribution in [2.45, 2.75) is 26.8 Å². The van der Waals surface area contributed by atoms with E-state index in [1.54, 1.807) is 6.20 Å². The number of rotatable bonds is 9. The third kappa shape index (κ3) is 5.61. The molecular weight excluding hydrogens is 430 g/mol. The van der Waals surface area contributed by atoms with Gasteiger partial charge in [-0.15, -0.1) is 0 Å². The number of anilines is 3. The molecule has 0 fully saturated rings. The number of carbonyl (C=O) groups is 1. The van der Waals surface area contributed by atoms with Crippen molar-refractivity contribution in [3.8, 4) is 17.1 Å². The minimum Gasteiger partial charge on any atom is -0.484 e. The molecule has 0 aliphatic rings. The topological polar surface area (TPSA) is 108 Å². The van der Waals surface area contributed by atoms with Crippen LogP contribution in [-0.4, -0.2) is 52.3 Å². The molecule has 34 heavy (non-hydrogen) atoms. The van der Waals surface area contributed by atoms with Gasteiger partial charge in [-0.05, 0) is 51.1 Å². The van der Waals surface area contributed by atoms with Crippen LogP contribution in [0.5, 0.6) is 5.75 Å². The van der Waals surface area contributed by atoms with Crippen molar-refractivity contribution in [3.05, 3.63) is 54.7 Å². The molecule has 4 aromatic rings. The zero-order valence-electron chi connectivity index (χ0n) is 19.8. The molecule has 0 unspecified atom stereocenters. The Balaban J connectivity index is 1.61. The van der Waals surface area contributed by atoms with Crippen LogP contribution in [0, 0.1) is 0 Å². The molecule has 9 heteroatoms. The van der Waals surface area contributed by atoms with E-state index in [1.807, 2.05) is 74.3 Å². The molecule has 0 saturated carbocycles. The molecule has 0 aliphatic heterocycles. The highest BCUT2D eigenvalue weighted by Crippen LogP contribution is 2.27. The molecule has 176 valence electrons. The lowest BCUT2D eigenvalue weighted by Crippen LogP contribution is -2.34. The van der Waals surface area contributed by atoms with Gasteiger partial charge in [0.1, 0.15) is 17.4 Å². The van der Waals surface area contributed by atoms with E-state index in [2.05, 4.69) is 27.8 Å². The summed E-state index contributed by atoms with van der Waals surface area (Å²) in [4.78, 5) is 23.5. The van der Waals surface area contributed by atoms with E-state index in [4.69, 9.17) is 14.7 Å². The summed E-state index contributed by atoms with van der Waals surface area (Å²) in [5.41, 5.74) is 2.66. The molecule has 0 atom stereocenters. The number of ether oxygens (including phenoxy) is 1. The lowest BCUT2D eigenvalue weighted by Gasteiger charge is -2.18. The largest absolute Gasteiger partial charge is 0.484 e. The molecule has 2 aromatic carbocycles. The van der Waals surface area contributed by atoms with Crippen LogP contribution < -0.4 is 20.3 Å². The Morgan fingerprint density at radius 3 is 2.79 bits per heavy atom. The number of aromatic nitrogens is 4. The molecule has 1 amide bonds. The van der Waals surface area contributed by atoms with Crippen molar-refractivity contribution in [2.24, 2.45) is 0 Å². The maximum atomic E-state index is 11.9. The second-order valence-corrected chi connectivity index (χ2v) is 8.28. The van der Waals surface area contributed by atoms with Gasteiger partial charge in [-0.25, -0.2) is 9.97 Å².